The molecule has 0 saturated heterocycles. The lowest BCUT2D eigenvalue weighted by molar-refractivity contribution is -0.145. The van der Waals surface area contributed by atoms with E-state index >= 15 is 0 Å². The van der Waals surface area contributed by atoms with Gasteiger partial charge < -0.3 is 19.9 Å². The van der Waals surface area contributed by atoms with Gasteiger partial charge in [0.2, 0.25) is 0 Å². The highest BCUT2D eigenvalue weighted by Gasteiger charge is 2.16. The number of ether oxygens (including phenoxy) is 2. The van der Waals surface area contributed by atoms with Crippen molar-refractivity contribution in [1.82, 2.24) is 5.32 Å². The molecular weight excluding hydrogens is 409 g/mol. The number of phenolic OH excluding ortho intramolecular Hbond substituents is 1. The summed E-state index contributed by atoms with van der Waals surface area (Å²) in [6, 6.07) is 8.39. The van der Waals surface area contributed by atoms with Crippen LogP contribution in [0.3, 0.4) is 0 Å². The minimum Gasteiger partial charge on any atom is -0.508 e. The number of benzene rings is 2. The number of aromatic hydroxyl groups is 1. The summed E-state index contributed by atoms with van der Waals surface area (Å²) in [5, 5.41) is 12.2. The summed E-state index contributed by atoms with van der Waals surface area (Å²) in [6.45, 7) is 1.45. The second kappa shape index (κ2) is 9.19. The molecule has 0 fully saturated rings. The summed E-state index contributed by atoms with van der Waals surface area (Å²) in [4.78, 5) is 23.8. The lowest BCUT2D eigenvalue weighted by Gasteiger charge is -2.12. The molecule has 0 aliphatic rings. The monoisotopic (exact) mass is 425 g/mol. The molecule has 0 bridgehead atoms. The lowest BCUT2D eigenvalue weighted by Crippen LogP contribution is -2.24. The van der Waals surface area contributed by atoms with E-state index in [2.05, 4.69) is 21.2 Å². The van der Waals surface area contributed by atoms with Gasteiger partial charge >= 0.3 is 5.97 Å². The number of carbonyl (C=O) groups excluding carboxylic acids is 2. The molecule has 0 aromatic heterocycles. The predicted octanol–water partition coefficient (Wildman–Crippen LogP) is 3.17. The van der Waals surface area contributed by atoms with Crippen LogP contribution < -0.4 is 10.1 Å². The van der Waals surface area contributed by atoms with E-state index in [0.29, 0.717) is 10.0 Å². The van der Waals surface area contributed by atoms with E-state index in [1.165, 1.54) is 24.3 Å². The second-order valence-electron chi connectivity index (χ2n) is 5.19. The van der Waals surface area contributed by atoms with Crippen molar-refractivity contribution in [2.24, 2.45) is 0 Å². The normalized spacial score (nSPS) is 10.3. The molecule has 0 atom stereocenters. The number of hydrogen-bond acceptors (Lipinski definition) is 5. The van der Waals surface area contributed by atoms with Crippen LogP contribution in [0.5, 0.6) is 11.5 Å². The zero-order valence-electron chi connectivity index (χ0n) is 13.9. The average molecular weight is 426 g/mol. The fraction of sp³-hybridized carbons (Fsp3) is 0.222. The van der Waals surface area contributed by atoms with E-state index in [4.69, 9.17) is 9.47 Å². The first-order valence-corrected chi connectivity index (χ1v) is 8.53. The van der Waals surface area contributed by atoms with Gasteiger partial charge in [-0.15, -0.1) is 0 Å². The molecule has 0 radical (unpaired) electrons. The van der Waals surface area contributed by atoms with Crippen LogP contribution in [0.15, 0.2) is 40.9 Å². The Hall–Kier alpha value is -2.61. The van der Waals surface area contributed by atoms with E-state index in [1.807, 2.05) is 0 Å². The molecular formula is C18H17BrFNO5. The zero-order chi connectivity index (χ0) is 19.1. The summed E-state index contributed by atoms with van der Waals surface area (Å²) in [5.74, 6) is -1.67. The fourth-order valence-electron chi connectivity index (χ4n) is 2.10. The van der Waals surface area contributed by atoms with Crippen molar-refractivity contribution in [2.45, 2.75) is 13.5 Å². The van der Waals surface area contributed by atoms with Gasteiger partial charge in [0.25, 0.3) is 5.91 Å². The number of amides is 1. The number of nitrogens with one attached hydrogen (secondary N) is 1. The van der Waals surface area contributed by atoms with Crippen molar-refractivity contribution in [3.05, 3.63) is 57.8 Å². The highest BCUT2D eigenvalue weighted by Crippen LogP contribution is 2.24. The van der Waals surface area contributed by atoms with Crippen LogP contribution in [0, 0.1) is 5.82 Å². The number of phenols is 1. The van der Waals surface area contributed by atoms with E-state index in [-0.39, 0.29) is 36.8 Å². The maximum Gasteiger partial charge on any atom is 0.344 e. The third-order valence-corrected chi connectivity index (χ3v) is 3.81. The van der Waals surface area contributed by atoms with Crippen molar-refractivity contribution in [3.63, 3.8) is 0 Å². The van der Waals surface area contributed by atoms with Crippen molar-refractivity contribution < 1.29 is 28.6 Å². The molecule has 26 heavy (non-hydrogen) atoms. The van der Waals surface area contributed by atoms with Crippen LogP contribution in [0.4, 0.5) is 4.39 Å². The van der Waals surface area contributed by atoms with Crippen LogP contribution in [-0.2, 0) is 16.1 Å². The molecule has 0 aliphatic heterocycles. The van der Waals surface area contributed by atoms with E-state index in [1.54, 1.807) is 19.1 Å². The van der Waals surface area contributed by atoms with Gasteiger partial charge in [-0.05, 0) is 37.3 Å². The van der Waals surface area contributed by atoms with Crippen LogP contribution in [0.25, 0.3) is 0 Å². The van der Waals surface area contributed by atoms with Crippen LogP contribution in [0.1, 0.15) is 22.8 Å². The fourth-order valence-corrected chi connectivity index (χ4v) is 2.43. The second-order valence-corrected chi connectivity index (χ2v) is 6.11. The number of rotatable bonds is 7. The minimum atomic E-state index is -0.581. The maximum atomic E-state index is 13.8. The Morgan fingerprint density at radius 3 is 2.69 bits per heavy atom. The summed E-state index contributed by atoms with van der Waals surface area (Å²) < 4.78 is 24.5. The summed E-state index contributed by atoms with van der Waals surface area (Å²) in [6.07, 6.45) is 0. The average Bonchev–Trinajstić information content (AvgIpc) is 2.60. The first-order chi connectivity index (χ1) is 12.4. The highest BCUT2D eigenvalue weighted by molar-refractivity contribution is 9.10. The topological polar surface area (TPSA) is 84.9 Å². The summed E-state index contributed by atoms with van der Waals surface area (Å²) in [7, 11) is 0. The predicted molar refractivity (Wildman–Crippen MR) is 95.5 cm³/mol. The Bertz CT molecular complexity index is 812. The van der Waals surface area contributed by atoms with Gasteiger partial charge in [0.15, 0.2) is 6.61 Å². The quantitative estimate of drug-likeness (QED) is 0.665. The Labute approximate surface area is 158 Å². The maximum absolute atomic E-state index is 13.8. The first-order valence-electron chi connectivity index (χ1n) is 7.74. The van der Waals surface area contributed by atoms with Crippen LogP contribution >= 0.6 is 15.9 Å². The van der Waals surface area contributed by atoms with E-state index in [9.17, 15) is 19.1 Å². The molecule has 0 heterocycles. The number of esters is 1. The minimum absolute atomic E-state index is 0.0202. The smallest absolute Gasteiger partial charge is 0.344 e. The molecule has 0 spiro atoms. The standard InChI is InChI=1S/C18H17BrFNO5/c1-2-25-17(23)10-26-16-6-5-13(22)8-14(16)18(24)21-9-11-3-4-12(19)7-15(11)20/h3-8,22H,2,9-10H2,1H3,(H,21,24). The van der Waals surface area contributed by atoms with Gasteiger partial charge in [-0.3, -0.25) is 4.79 Å². The van der Waals surface area contributed by atoms with Gasteiger partial charge in [0.05, 0.1) is 12.2 Å². The van der Waals surface area contributed by atoms with Gasteiger partial charge in [0, 0.05) is 16.6 Å². The van der Waals surface area contributed by atoms with E-state index < -0.39 is 17.7 Å². The van der Waals surface area contributed by atoms with Crippen LogP contribution in [0.2, 0.25) is 0 Å². The third kappa shape index (κ3) is 5.45. The Kier molecular flexibility index (Phi) is 6.97. The van der Waals surface area contributed by atoms with Gasteiger partial charge in [-0.2, -0.15) is 0 Å². The van der Waals surface area contributed by atoms with Gasteiger partial charge in [0.1, 0.15) is 17.3 Å². The molecule has 0 aliphatic carbocycles. The first kappa shape index (κ1) is 19.7. The molecule has 6 nitrogen and oxygen atoms in total. The lowest BCUT2D eigenvalue weighted by atomic mass is 10.1. The van der Waals surface area contributed by atoms with Crippen molar-refractivity contribution in [2.75, 3.05) is 13.2 Å². The Morgan fingerprint density at radius 2 is 2.00 bits per heavy atom. The molecule has 2 aromatic rings. The van der Waals surface area contributed by atoms with Gasteiger partial charge in [-0.25, -0.2) is 9.18 Å². The number of halogens is 2. The SMILES string of the molecule is CCOC(=O)COc1ccc(O)cc1C(=O)NCc1ccc(Br)cc1F. The van der Waals surface area contributed by atoms with Crippen molar-refractivity contribution in [1.29, 1.82) is 0 Å². The molecule has 0 saturated carbocycles. The van der Waals surface area contributed by atoms with Crippen LogP contribution in [-0.4, -0.2) is 30.2 Å². The molecule has 2 N–H and O–H groups in total. The van der Waals surface area contributed by atoms with Gasteiger partial charge in [-0.1, -0.05) is 22.0 Å². The highest BCUT2D eigenvalue weighted by atomic mass is 79.9. The third-order valence-electron chi connectivity index (χ3n) is 3.31. The number of hydrogen-bond donors (Lipinski definition) is 2. The molecule has 1 amide bonds. The summed E-state index contributed by atoms with van der Waals surface area (Å²) in [5.41, 5.74) is 0.322. The summed E-state index contributed by atoms with van der Waals surface area (Å²) >= 11 is 3.16. The molecule has 138 valence electrons. The largest absolute Gasteiger partial charge is 0.508 e. The zero-order valence-corrected chi connectivity index (χ0v) is 15.5. The Morgan fingerprint density at radius 1 is 1.23 bits per heavy atom. The van der Waals surface area contributed by atoms with Crippen molar-refractivity contribution >= 4 is 27.8 Å². The number of carbonyl (C=O) groups is 2. The molecule has 8 heteroatoms. The van der Waals surface area contributed by atoms with E-state index in [0.717, 1.165) is 0 Å². The molecule has 2 rings (SSSR count). The van der Waals surface area contributed by atoms with Crippen molar-refractivity contribution in [3.8, 4) is 11.5 Å². The molecule has 0 unspecified atom stereocenters. The Balaban J connectivity index is 2.09. The molecule has 2 aromatic carbocycles.